The van der Waals surface area contributed by atoms with Crippen molar-refractivity contribution >= 4 is 26.1 Å². The summed E-state index contributed by atoms with van der Waals surface area (Å²) in [5.74, 6) is 0. The van der Waals surface area contributed by atoms with E-state index in [4.69, 9.17) is 0 Å². The Hall–Kier alpha value is 0.0900. The van der Waals surface area contributed by atoms with Gasteiger partial charge in [0.1, 0.15) is 0 Å². The Morgan fingerprint density at radius 3 is 2.50 bits per heavy atom. The first-order chi connectivity index (χ1) is 7.43. The molecule has 1 saturated carbocycles. The molecule has 1 aliphatic rings. The third-order valence-electron chi connectivity index (χ3n) is 2.91. The minimum atomic E-state index is -3.36. The fourth-order valence-corrected chi connectivity index (χ4v) is 3.40. The van der Waals surface area contributed by atoms with Crippen LogP contribution in [-0.4, -0.2) is 32.4 Å². The van der Waals surface area contributed by atoms with E-state index in [1.807, 2.05) is 0 Å². The molecule has 0 aromatic heterocycles. The first-order valence-corrected chi connectivity index (χ1v) is 7.72. The van der Waals surface area contributed by atoms with Crippen molar-refractivity contribution in [3.8, 4) is 0 Å². The highest BCUT2D eigenvalue weighted by Gasteiger charge is 2.26. The smallest absolute Gasteiger partial charge is 0.197 e. The van der Waals surface area contributed by atoms with Crippen molar-refractivity contribution in [1.82, 2.24) is 9.03 Å². The van der Waals surface area contributed by atoms with Gasteiger partial charge in [0.2, 0.25) is 0 Å². The maximum atomic E-state index is 11.9. The van der Waals surface area contributed by atoms with E-state index in [1.54, 1.807) is 7.05 Å². The molecular weight excluding hydrogens is 292 g/mol. The fraction of sp³-hybridized carbons (Fsp3) is 0.800. The van der Waals surface area contributed by atoms with Crippen LogP contribution in [0.5, 0.6) is 0 Å². The van der Waals surface area contributed by atoms with Crippen LogP contribution >= 0.6 is 15.9 Å². The lowest BCUT2D eigenvalue weighted by Gasteiger charge is -2.30. The first kappa shape index (κ1) is 14.2. The SMILES string of the molecule is C=C(Br)CNS(=O)(=O)N(C)C1CCCCC1. The quantitative estimate of drug-likeness (QED) is 0.844. The lowest BCUT2D eigenvalue weighted by atomic mass is 9.96. The second kappa shape index (κ2) is 6.14. The van der Waals surface area contributed by atoms with Crippen LogP contribution in [0.15, 0.2) is 11.1 Å². The zero-order chi connectivity index (χ0) is 12.2. The lowest BCUT2D eigenvalue weighted by molar-refractivity contribution is 0.283. The summed E-state index contributed by atoms with van der Waals surface area (Å²) in [4.78, 5) is 0. The molecule has 0 bridgehead atoms. The molecule has 1 aliphatic carbocycles. The third-order valence-corrected chi connectivity index (χ3v) is 4.76. The normalized spacial score (nSPS) is 18.9. The molecule has 1 fully saturated rings. The van der Waals surface area contributed by atoms with E-state index in [9.17, 15) is 8.42 Å². The molecule has 16 heavy (non-hydrogen) atoms. The van der Waals surface area contributed by atoms with Crippen LogP contribution in [0.25, 0.3) is 0 Å². The molecule has 0 amide bonds. The summed E-state index contributed by atoms with van der Waals surface area (Å²) in [6, 6.07) is 0.148. The lowest BCUT2D eigenvalue weighted by Crippen LogP contribution is -2.45. The summed E-state index contributed by atoms with van der Waals surface area (Å²) < 4.78 is 28.4. The Kier molecular flexibility index (Phi) is 5.43. The van der Waals surface area contributed by atoms with Crippen LogP contribution in [0.1, 0.15) is 32.1 Å². The van der Waals surface area contributed by atoms with Gasteiger partial charge in [0.25, 0.3) is 10.2 Å². The summed E-state index contributed by atoms with van der Waals surface area (Å²) in [6.45, 7) is 3.84. The van der Waals surface area contributed by atoms with Crippen molar-refractivity contribution < 1.29 is 8.42 Å². The second-order valence-corrected chi connectivity index (χ2v) is 7.09. The van der Waals surface area contributed by atoms with Crippen molar-refractivity contribution in [3.05, 3.63) is 11.1 Å². The molecule has 1 rings (SSSR count). The van der Waals surface area contributed by atoms with E-state index in [1.165, 1.54) is 10.7 Å². The highest BCUT2D eigenvalue weighted by Crippen LogP contribution is 2.22. The van der Waals surface area contributed by atoms with Crippen molar-refractivity contribution in [3.63, 3.8) is 0 Å². The topological polar surface area (TPSA) is 49.4 Å². The van der Waals surface area contributed by atoms with Gasteiger partial charge >= 0.3 is 0 Å². The molecule has 0 heterocycles. The summed E-state index contributed by atoms with van der Waals surface area (Å²) in [5.41, 5.74) is 0. The monoisotopic (exact) mass is 310 g/mol. The molecule has 0 unspecified atom stereocenters. The third kappa shape index (κ3) is 4.16. The minimum Gasteiger partial charge on any atom is -0.197 e. The van der Waals surface area contributed by atoms with Gasteiger partial charge in [0.15, 0.2) is 0 Å². The van der Waals surface area contributed by atoms with E-state index < -0.39 is 10.2 Å². The van der Waals surface area contributed by atoms with Crippen molar-refractivity contribution in [2.24, 2.45) is 0 Å². The average molecular weight is 311 g/mol. The Balaban J connectivity index is 2.56. The molecule has 6 heteroatoms. The number of hydrogen-bond donors (Lipinski definition) is 1. The predicted octanol–water partition coefficient (Wildman–Crippen LogP) is 1.99. The minimum absolute atomic E-state index is 0.148. The van der Waals surface area contributed by atoms with Gasteiger partial charge in [-0.25, -0.2) is 0 Å². The largest absolute Gasteiger partial charge is 0.279 e. The summed E-state index contributed by atoms with van der Waals surface area (Å²) in [5, 5.41) is 0. The maximum absolute atomic E-state index is 11.9. The highest BCUT2D eigenvalue weighted by atomic mass is 79.9. The van der Waals surface area contributed by atoms with Gasteiger partial charge in [0.05, 0.1) is 0 Å². The van der Waals surface area contributed by atoms with Gasteiger partial charge in [-0.15, -0.1) is 0 Å². The summed E-state index contributed by atoms with van der Waals surface area (Å²) in [7, 11) is -1.71. The van der Waals surface area contributed by atoms with E-state index in [0.29, 0.717) is 4.48 Å². The maximum Gasteiger partial charge on any atom is 0.279 e. The van der Waals surface area contributed by atoms with E-state index in [0.717, 1.165) is 25.7 Å². The van der Waals surface area contributed by atoms with Crippen LogP contribution < -0.4 is 4.72 Å². The van der Waals surface area contributed by atoms with Crippen LogP contribution in [0.4, 0.5) is 0 Å². The van der Waals surface area contributed by atoms with Crippen molar-refractivity contribution in [2.45, 2.75) is 38.1 Å². The van der Waals surface area contributed by atoms with Gasteiger partial charge in [-0.3, -0.25) is 0 Å². The van der Waals surface area contributed by atoms with Crippen LogP contribution in [0.2, 0.25) is 0 Å². The number of nitrogens with zero attached hydrogens (tertiary/aromatic N) is 1. The average Bonchev–Trinajstić information content (AvgIpc) is 2.27. The van der Waals surface area contributed by atoms with Crippen LogP contribution in [-0.2, 0) is 10.2 Å². The molecule has 4 nitrogen and oxygen atoms in total. The van der Waals surface area contributed by atoms with Gasteiger partial charge in [-0.2, -0.15) is 17.4 Å². The van der Waals surface area contributed by atoms with Gasteiger partial charge < -0.3 is 0 Å². The molecule has 0 aromatic carbocycles. The number of rotatable bonds is 5. The molecule has 0 atom stereocenters. The predicted molar refractivity (Wildman–Crippen MR) is 69.6 cm³/mol. The van der Waals surface area contributed by atoms with Gasteiger partial charge in [-0.1, -0.05) is 41.8 Å². The van der Waals surface area contributed by atoms with Crippen LogP contribution in [0, 0.1) is 0 Å². The molecule has 0 aliphatic heterocycles. The molecule has 1 N–H and O–H groups in total. The van der Waals surface area contributed by atoms with E-state index in [2.05, 4.69) is 27.2 Å². The Labute approximate surface area is 106 Å². The second-order valence-electron chi connectivity index (χ2n) is 4.15. The Morgan fingerprint density at radius 2 is 2.00 bits per heavy atom. The Morgan fingerprint density at radius 1 is 1.44 bits per heavy atom. The van der Waals surface area contributed by atoms with Gasteiger partial charge in [0, 0.05) is 24.1 Å². The highest BCUT2D eigenvalue weighted by molar-refractivity contribution is 9.11. The summed E-state index contributed by atoms with van der Waals surface area (Å²) in [6.07, 6.45) is 5.39. The zero-order valence-electron chi connectivity index (χ0n) is 9.58. The molecule has 0 aromatic rings. The Bertz CT molecular complexity index is 337. The molecule has 0 saturated heterocycles. The molecular formula is C10H19BrN2O2S. The fourth-order valence-electron chi connectivity index (χ4n) is 1.91. The number of halogens is 1. The van der Waals surface area contributed by atoms with Crippen LogP contribution in [0.3, 0.4) is 0 Å². The van der Waals surface area contributed by atoms with E-state index >= 15 is 0 Å². The molecule has 0 radical (unpaired) electrons. The molecule has 94 valence electrons. The van der Waals surface area contributed by atoms with Gasteiger partial charge in [-0.05, 0) is 12.8 Å². The molecule has 0 spiro atoms. The zero-order valence-corrected chi connectivity index (χ0v) is 12.0. The number of hydrogen-bond acceptors (Lipinski definition) is 2. The van der Waals surface area contributed by atoms with Crippen molar-refractivity contribution in [2.75, 3.05) is 13.6 Å². The van der Waals surface area contributed by atoms with E-state index in [-0.39, 0.29) is 12.6 Å². The van der Waals surface area contributed by atoms with Crippen molar-refractivity contribution in [1.29, 1.82) is 0 Å². The standard InChI is InChI=1S/C10H19BrN2O2S/c1-9(11)8-12-16(14,15)13(2)10-6-4-3-5-7-10/h10,12H,1,3-8H2,2H3. The summed E-state index contributed by atoms with van der Waals surface area (Å²) >= 11 is 3.13. The first-order valence-electron chi connectivity index (χ1n) is 5.49. The number of nitrogens with one attached hydrogen (secondary N) is 1.